The van der Waals surface area contributed by atoms with Gasteiger partial charge in [0.25, 0.3) is 0 Å². The van der Waals surface area contributed by atoms with E-state index in [1.807, 2.05) is 24.3 Å². The van der Waals surface area contributed by atoms with Gasteiger partial charge in [-0.1, -0.05) is 41.4 Å². The molecule has 106 valence electrons. The fraction of sp³-hybridized carbons (Fsp3) is 0.200. The summed E-state index contributed by atoms with van der Waals surface area (Å²) in [5.41, 5.74) is 1.54. The number of methoxy groups -OCH3 is 2. The number of halogens is 3. The molecule has 5 heteroatoms. The molecule has 1 atom stereocenters. The van der Waals surface area contributed by atoms with E-state index in [4.69, 9.17) is 44.3 Å². The molecule has 0 aromatic heterocycles. The van der Waals surface area contributed by atoms with Crippen molar-refractivity contribution in [3.8, 4) is 11.5 Å². The number of alkyl halides is 1. The molecule has 0 heterocycles. The van der Waals surface area contributed by atoms with Crippen molar-refractivity contribution in [1.29, 1.82) is 0 Å². The van der Waals surface area contributed by atoms with Crippen molar-refractivity contribution >= 4 is 34.8 Å². The molecule has 2 aromatic rings. The topological polar surface area (TPSA) is 18.5 Å². The second kappa shape index (κ2) is 6.57. The predicted octanol–water partition coefficient (Wildman–Crippen LogP) is 5.34. The maximum atomic E-state index is 6.52. The van der Waals surface area contributed by atoms with Gasteiger partial charge in [0.05, 0.1) is 24.6 Å². The second-order valence-corrected chi connectivity index (χ2v) is 5.36. The van der Waals surface area contributed by atoms with E-state index in [2.05, 4.69) is 0 Å². The third kappa shape index (κ3) is 2.98. The second-order valence-electron chi connectivity index (χ2n) is 4.11. The predicted molar refractivity (Wildman–Crippen MR) is 83.7 cm³/mol. The van der Waals surface area contributed by atoms with Gasteiger partial charge in [0.15, 0.2) is 0 Å². The molecule has 0 fully saturated rings. The quantitative estimate of drug-likeness (QED) is 0.704. The van der Waals surface area contributed by atoms with Crippen LogP contribution < -0.4 is 9.47 Å². The van der Waals surface area contributed by atoms with Crippen molar-refractivity contribution in [2.45, 2.75) is 5.38 Å². The first-order valence-corrected chi connectivity index (χ1v) is 7.07. The molecule has 0 radical (unpaired) electrons. The molecule has 2 nitrogen and oxygen atoms in total. The Morgan fingerprint density at radius 3 is 2.15 bits per heavy atom. The molecule has 0 spiro atoms. The Hall–Kier alpha value is -1.09. The average Bonchev–Trinajstić information content (AvgIpc) is 2.48. The number of hydrogen-bond donors (Lipinski definition) is 0. The summed E-state index contributed by atoms with van der Waals surface area (Å²) in [6.45, 7) is 0. The van der Waals surface area contributed by atoms with Crippen LogP contribution in [-0.4, -0.2) is 14.2 Å². The van der Waals surface area contributed by atoms with Gasteiger partial charge in [0.2, 0.25) is 0 Å². The van der Waals surface area contributed by atoms with E-state index in [0.717, 1.165) is 5.56 Å². The van der Waals surface area contributed by atoms with E-state index < -0.39 is 5.38 Å². The zero-order valence-electron chi connectivity index (χ0n) is 11.0. The highest BCUT2D eigenvalue weighted by Crippen LogP contribution is 2.41. The molecule has 1 unspecified atom stereocenters. The summed E-state index contributed by atoms with van der Waals surface area (Å²) in [7, 11) is 3.14. The third-order valence-electron chi connectivity index (χ3n) is 2.96. The standard InChI is InChI=1S/C15H13Cl3O2/c1-19-13-6-4-3-5-9(13)15(18)10-7-12(17)14(20-2)8-11(10)16/h3-8,15H,1-2H3. The first kappa shape index (κ1) is 15.3. The first-order chi connectivity index (χ1) is 9.58. The van der Waals surface area contributed by atoms with Gasteiger partial charge >= 0.3 is 0 Å². The summed E-state index contributed by atoms with van der Waals surface area (Å²) >= 11 is 18.9. The fourth-order valence-corrected chi connectivity index (χ4v) is 2.87. The van der Waals surface area contributed by atoms with Crippen molar-refractivity contribution in [3.63, 3.8) is 0 Å². The lowest BCUT2D eigenvalue weighted by Gasteiger charge is -2.16. The molecule has 2 rings (SSSR count). The van der Waals surface area contributed by atoms with E-state index in [0.29, 0.717) is 27.1 Å². The minimum atomic E-state index is -0.456. The van der Waals surface area contributed by atoms with Gasteiger partial charge in [-0.3, -0.25) is 0 Å². The number of hydrogen-bond acceptors (Lipinski definition) is 2. The Balaban J connectivity index is 2.48. The Morgan fingerprint density at radius 1 is 0.850 bits per heavy atom. The maximum absolute atomic E-state index is 6.52. The lowest BCUT2D eigenvalue weighted by Crippen LogP contribution is -1.99. The Bertz CT molecular complexity index is 614. The summed E-state index contributed by atoms with van der Waals surface area (Å²) in [5, 5.41) is 0.506. The van der Waals surface area contributed by atoms with Crippen LogP contribution in [0.15, 0.2) is 36.4 Å². The molecule has 0 N–H and O–H groups in total. The van der Waals surface area contributed by atoms with Crippen molar-refractivity contribution < 1.29 is 9.47 Å². The van der Waals surface area contributed by atoms with Crippen LogP contribution in [0, 0.1) is 0 Å². The molecule has 0 bridgehead atoms. The van der Waals surface area contributed by atoms with E-state index in [1.54, 1.807) is 19.2 Å². The van der Waals surface area contributed by atoms with Gasteiger partial charge in [-0.25, -0.2) is 0 Å². The van der Waals surface area contributed by atoms with Crippen molar-refractivity contribution in [1.82, 2.24) is 0 Å². The number of rotatable bonds is 4. The van der Waals surface area contributed by atoms with Crippen LogP contribution in [0.25, 0.3) is 0 Å². The molecule has 20 heavy (non-hydrogen) atoms. The zero-order valence-corrected chi connectivity index (χ0v) is 13.3. The van der Waals surface area contributed by atoms with Crippen molar-refractivity contribution in [2.75, 3.05) is 14.2 Å². The lowest BCUT2D eigenvalue weighted by molar-refractivity contribution is 0.410. The van der Waals surface area contributed by atoms with E-state index in [1.165, 1.54) is 7.11 Å². The van der Waals surface area contributed by atoms with Crippen LogP contribution in [0.1, 0.15) is 16.5 Å². The number of benzene rings is 2. The molecule has 0 aliphatic rings. The van der Waals surface area contributed by atoms with Crippen molar-refractivity contribution in [3.05, 3.63) is 57.6 Å². The summed E-state index contributed by atoms with van der Waals surface area (Å²) < 4.78 is 10.4. The van der Waals surface area contributed by atoms with Crippen LogP contribution >= 0.6 is 34.8 Å². The van der Waals surface area contributed by atoms with Gasteiger partial charge in [-0.2, -0.15) is 0 Å². The molecule has 2 aromatic carbocycles. The average molecular weight is 332 g/mol. The van der Waals surface area contributed by atoms with Gasteiger partial charge < -0.3 is 9.47 Å². The highest BCUT2D eigenvalue weighted by molar-refractivity contribution is 6.36. The Labute approximate surface area is 133 Å². The number of para-hydroxylation sites is 1. The largest absolute Gasteiger partial charge is 0.496 e. The monoisotopic (exact) mass is 330 g/mol. The highest BCUT2D eigenvalue weighted by atomic mass is 35.5. The highest BCUT2D eigenvalue weighted by Gasteiger charge is 2.20. The van der Waals surface area contributed by atoms with Gasteiger partial charge in [0.1, 0.15) is 11.5 Å². The van der Waals surface area contributed by atoms with Gasteiger partial charge in [-0.15, -0.1) is 11.6 Å². The normalized spacial score (nSPS) is 12.1. The molecule has 0 amide bonds. The minimum absolute atomic E-state index is 0.456. The molecule has 0 aliphatic carbocycles. The third-order valence-corrected chi connectivity index (χ3v) is 4.05. The summed E-state index contributed by atoms with van der Waals surface area (Å²) in [6.07, 6.45) is 0. The van der Waals surface area contributed by atoms with Crippen molar-refractivity contribution in [2.24, 2.45) is 0 Å². The van der Waals surface area contributed by atoms with Crippen LogP contribution in [-0.2, 0) is 0 Å². The summed E-state index contributed by atoms with van der Waals surface area (Å²) in [4.78, 5) is 0. The molecular formula is C15H13Cl3O2. The van der Waals surface area contributed by atoms with Crippen LogP contribution in [0.4, 0.5) is 0 Å². The van der Waals surface area contributed by atoms with Crippen LogP contribution in [0.3, 0.4) is 0 Å². The summed E-state index contributed by atoms with van der Waals surface area (Å²) in [5.74, 6) is 1.22. The van der Waals surface area contributed by atoms with E-state index in [-0.39, 0.29) is 0 Å². The maximum Gasteiger partial charge on any atom is 0.138 e. The lowest BCUT2D eigenvalue weighted by atomic mass is 10.0. The van der Waals surface area contributed by atoms with E-state index in [9.17, 15) is 0 Å². The SMILES string of the molecule is COc1cc(Cl)c(C(Cl)c2ccccc2OC)cc1Cl. The Kier molecular flexibility index (Phi) is 5.03. The zero-order chi connectivity index (χ0) is 14.7. The van der Waals surface area contributed by atoms with Crippen LogP contribution in [0.2, 0.25) is 10.0 Å². The van der Waals surface area contributed by atoms with E-state index >= 15 is 0 Å². The molecule has 0 saturated heterocycles. The fourth-order valence-electron chi connectivity index (χ4n) is 1.94. The Morgan fingerprint density at radius 2 is 1.50 bits per heavy atom. The smallest absolute Gasteiger partial charge is 0.138 e. The summed E-state index contributed by atoms with van der Waals surface area (Å²) in [6, 6.07) is 10.9. The number of ether oxygens (including phenoxy) is 2. The first-order valence-electron chi connectivity index (χ1n) is 5.88. The molecular weight excluding hydrogens is 319 g/mol. The van der Waals surface area contributed by atoms with Gasteiger partial charge in [-0.05, 0) is 17.7 Å². The van der Waals surface area contributed by atoms with Crippen LogP contribution in [0.5, 0.6) is 11.5 Å². The molecule has 0 aliphatic heterocycles. The van der Waals surface area contributed by atoms with Gasteiger partial charge in [0, 0.05) is 16.7 Å². The minimum Gasteiger partial charge on any atom is -0.496 e. The molecule has 0 saturated carbocycles.